The van der Waals surface area contributed by atoms with Crippen molar-refractivity contribution in [3.63, 3.8) is 0 Å². The van der Waals surface area contributed by atoms with Crippen molar-refractivity contribution in [1.82, 2.24) is 9.88 Å². The van der Waals surface area contributed by atoms with Crippen molar-refractivity contribution in [3.8, 4) is 0 Å². The van der Waals surface area contributed by atoms with Crippen LogP contribution in [0.1, 0.15) is 20.8 Å². The summed E-state index contributed by atoms with van der Waals surface area (Å²) in [6, 6.07) is 11.6. The maximum Gasteiger partial charge on any atom is 0.410 e. The van der Waals surface area contributed by atoms with Crippen LogP contribution in [-0.4, -0.2) is 41.7 Å². The van der Waals surface area contributed by atoms with Crippen molar-refractivity contribution in [3.05, 3.63) is 45.9 Å². The maximum absolute atomic E-state index is 12.2. The number of anilines is 1. The molecule has 5 nitrogen and oxygen atoms in total. The number of halogens is 2. The van der Waals surface area contributed by atoms with Crippen LogP contribution in [0.2, 0.25) is 5.02 Å². The van der Waals surface area contributed by atoms with E-state index >= 15 is 0 Å². The predicted molar refractivity (Wildman–Crippen MR) is 119 cm³/mol. The Morgan fingerprint density at radius 2 is 1.82 bits per heavy atom. The molecule has 0 atom stereocenters. The highest BCUT2D eigenvalue weighted by Gasteiger charge is 2.19. The molecule has 0 spiro atoms. The van der Waals surface area contributed by atoms with Crippen LogP contribution < -0.4 is 5.32 Å². The molecule has 0 bridgehead atoms. The number of benzene rings is 2. The third-order valence-electron chi connectivity index (χ3n) is 4.15. The molecule has 3 aromatic rings. The zero-order chi connectivity index (χ0) is 20.5. The molecule has 1 aromatic heterocycles. The van der Waals surface area contributed by atoms with Gasteiger partial charge in [-0.25, -0.2) is 9.78 Å². The summed E-state index contributed by atoms with van der Waals surface area (Å²) in [4.78, 5) is 18.4. The lowest BCUT2D eigenvalue weighted by atomic mass is 10.1. The number of nitrogens with zero attached hydrogens (tertiary/aromatic N) is 2. The fraction of sp³-hybridized carbons (Fsp3) is 0.333. The standard InChI is InChI=1S/C21H23BrClN3O2/c1-21(2,3)28-20(27)26(4)10-9-24-19-15-11-13(22)5-7-17(15)25-18-8-6-14(23)12-16(18)19/h5-8,11-12H,9-10H2,1-4H3,(H,24,25). The second kappa shape index (κ2) is 8.13. The summed E-state index contributed by atoms with van der Waals surface area (Å²) in [5.74, 6) is 0. The fourth-order valence-electron chi connectivity index (χ4n) is 2.86. The first-order chi connectivity index (χ1) is 13.1. The first-order valence-corrected chi connectivity index (χ1v) is 10.2. The van der Waals surface area contributed by atoms with Gasteiger partial charge in [-0.3, -0.25) is 0 Å². The number of pyridine rings is 1. The quantitative estimate of drug-likeness (QED) is 0.475. The highest BCUT2D eigenvalue weighted by molar-refractivity contribution is 9.10. The van der Waals surface area contributed by atoms with Gasteiger partial charge in [-0.1, -0.05) is 27.5 Å². The lowest BCUT2D eigenvalue weighted by molar-refractivity contribution is 0.0305. The monoisotopic (exact) mass is 463 g/mol. The summed E-state index contributed by atoms with van der Waals surface area (Å²) < 4.78 is 6.37. The van der Waals surface area contributed by atoms with Gasteiger partial charge in [0, 0.05) is 40.4 Å². The van der Waals surface area contributed by atoms with E-state index in [1.165, 1.54) is 0 Å². The number of ether oxygens (including phenoxy) is 1. The number of nitrogens with one attached hydrogen (secondary N) is 1. The zero-order valence-electron chi connectivity index (χ0n) is 16.3. The van der Waals surface area contributed by atoms with E-state index in [9.17, 15) is 4.79 Å². The van der Waals surface area contributed by atoms with Crippen LogP contribution in [0.15, 0.2) is 40.9 Å². The van der Waals surface area contributed by atoms with Crippen LogP contribution >= 0.6 is 27.5 Å². The Bertz CT molecular complexity index is 973. The third-order valence-corrected chi connectivity index (χ3v) is 4.88. The second-order valence-electron chi connectivity index (χ2n) is 7.64. The van der Waals surface area contributed by atoms with Crippen molar-refractivity contribution in [2.24, 2.45) is 0 Å². The van der Waals surface area contributed by atoms with Crippen LogP contribution in [0.4, 0.5) is 10.5 Å². The molecule has 148 valence electrons. The van der Waals surface area contributed by atoms with E-state index in [4.69, 9.17) is 21.3 Å². The van der Waals surface area contributed by atoms with Crippen molar-refractivity contribution in [2.75, 3.05) is 25.5 Å². The molecule has 0 saturated carbocycles. The number of fused-ring (bicyclic) bond motifs is 2. The molecular weight excluding hydrogens is 442 g/mol. The van der Waals surface area contributed by atoms with E-state index in [0.29, 0.717) is 18.1 Å². The van der Waals surface area contributed by atoms with Gasteiger partial charge in [0.1, 0.15) is 5.60 Å². The van der Waals surface area contributed by atoms with Gasteiger partial charge in [0.15, 0.2) is 0 Å². The summed E-state index contributed by atoms with van der Waals surface area (Å²) >= 11 is 9.76. The number of carbonyl (C=O) groups is 1. The minimum Gasteiger partial charge on any atom is -0.444 e. The van der Waals surface area contributed by atoms with Crippen molar-refractivity contribution in [2.45, 2.75) is 26.4 Å². The van der Waals surface area contributed by atoms with Crippen LogP contribution in [-0.2, 0) is 4.74 Å². The lowest BCUT2D eigenvalue weighted by Crippen LogP contribution is -2.36. The Labute approximate surface area is 178 Å². The minimum atomic E-state index is -0.515. The van der Waals surface area contributed by atoms with Gasteiger partial charge in [-0.15, -0.1) is 0 Å². The first kappa shape index (κ1) is 20.7. The van der Waals surface area contributed by atoms with Crippen LogP contribution in [0, 0.1) is 0 Å². The summed E-state index contributed by atoms with van der Waals surface area (Å²) in [5, 5.41) is 6.05. The van der Waals surface area contributed by atoms with Gasteiger partial charge < -0.3 is 15.0 Å². The first-order valence-electron chi connectivity index (χ1n) is 9.00. The minimum absolute atomic E-state index is 0.343. The number of amides is 1. The molecule has 1 amide bonds. The molecule has 0 fully saturated rings. The number of rotatable bonds is 4. The Morgan fingerprint density at radius 1 is 1.18 bits per heavy atom. The summed E-state index contributed by atoms with van der Waals surface area (Å²) in [6.07, 6.45) is -0.343. The van der Waals surface area contributed by atoms with Gasteiger partial charge in [0.05, 0.1) is 16.7 Å². The molecule has 28 heavy (non-hydrogen) atoms. The van der Waals surface area contributed by atoms with Crippen LogP contribution in [0.3, 0.4) is 0 Å². The van der Waals surface area contributed by atoms with Crippen molar-refractivity contribution < 1.29 is 9.53 Å². The predicted octanol–water partition coefficient (Wildman–Crippen LogP) is 6.08. The molecule has 0 saturated heterocycles. The maximum atomic E-state index is 12.2. The summed E-state index contributed by atoms with van der Waals surface area (Å²) in [5.41, 5.74) is 2.18. The van der Waals surface area contributed by atoms with Crippen LogP contribution in [0.5, 0.6) is 0 Å². The second-order valence-corrected chi connectivity index (χ2v) is 8.99. The van der Waals surface area contributed by atoms with E-state index in [1.807, 2.05) is 57.2 Å². The molecule has 1 heterocycles. The number of hydrogen-bond donors (Lipinski definition) is 1. The highest BCUT2D eigenvalue weighted by Crippen LogP contribution is 2.33. The SMILES string of the molecule is CN(CCNc1c2cc(Cl)ccc2nc2ccc(Br)cc12)C(=O)OC(C)(C)C. The van der Waals surface area contributed by atoms with Gasteiger partial charge in [-0.2, -0.15) is 0 Å². The number of likely N-dealkylation sites (N-methyl/N-ethyl adjacent to an activating group) is 1. The molecule has 0 radical (unpaired) electrons. The average molecular weight is 465 g/mol. The Kier molecular flexibility index (Phi) is 6.01. The van der Waals surface area contributed by atoms with E-state index < -0.39 is 5.60 Å². The van der Waals surface area contributed by atoms with E-state index in [-0.39, 0.29) is 6.09 Å². The largest absolute Gasteiger partial charge is 0.444 e. The van der Waals surface area contributed by atoms with Gasteiger partial charge >= 0.3 is 6.09 Å². The number of aromatic nitrogens is 1. The van der Waals surface area contributed by atoms with Crippen molar-refractivity contribution >= 4 is 61.1 Å². The van der Waals surface area contributed by atoms with E-state index in [0.717, 1.165) is 32.0 Å². The molecule has 0 aliphatic carbocycles. The molecule has 1 N–H and O–H groups in total. The molecule has 3 rings (SSSR count). The Morgan fingerprint density at radius 3 is 2.50 bits per heavy atom. The summed E-state index contributed by atoms with van der Waals surface area (Å²) in [7, 11) is 1.73. The van der Waals surface area contributed by atoms with E-state index in [1.54, 1.807) is 11.9 Å². The molecule has 0 aliphatic heterocycles. The number of hydrogen-bond acceptors (Lipinski definition) is 4. The highest BCUT2D eigenvalue weighted by atomic mass is 79.9. The van der Waals surface area contributed by atoms with Crippen LogP contribution in [0.25, 0.3) is 21.8 Å². The van der Waals surface area contributed by atoms with Crippen molar-refractivity contribution in [1.29, 1.82) is 0 Å². The van der Waals surface area contributed by atoms with Gasteiger partial charge in [0.2, 0.25) is 0 Å². The molecule has 7 heteroatoms. The smallest absolute Gasteiger partial charge is 0.410 e. The Balaban J connectivity index is 1.87. The Hall–Kier alpha value is -2.05. The zero-order valence-corrected chi connectivity index (χ0v) is 18.7. The number of carbonyl (C=O) groups excluding carboxylic acids is 1. The molecule has 0 aliphatic rings. The lowest BCUT2D eigenvalue weighted by Gasteiger charge is -2.25. The molecular formula is C21H23BrClN3O2. The van der Waals surface area contributed by atoms with Gasteiger partial charge in [-0.05, 0) is 57.2 Å². The normalized spacial score (nSPS) is 11.6. The fourth-order valence-corrected chi connectivity index (χ4v) is 3.39. The molecule has 2 aromatic carbocycles. The third kappa shape index (κ3) is 4.86. The van der Waals surface area contributed by atoms with Gasteiger partial charge in [0.25, 0.3) is 0 Å². The summed E-state index contributed by atoms with van der Waals surface area (Å²) in [6.45, 7) is 6.62. The molecule has 0 unspecified atom stereocenters. The van der Waals surface area contributed by atoms with E-state index in [2.05, 4.69) is 21.2 Å². The topological polar surface area (TPSA) is 54.5 Å². The average Bonchev–Trinajstić information content (AvgIpc) is 2.60.